The molecule has 1 saturated carbocycles. The van der Waals surface area contributed by atoms with Crippen molar-refractivity contribution in [3.63, 3.8) is 0 Å². The van der Waals surface area contributed by atoms with Crippen LogP contribution in [0.5, 0.6) is 0 Å². The minimum atomic E-state index is -0.168. The van der Waals surface area contributed by atoms with Gasteiger partial charge in [-0.05, 0) is 31.9 Å². The Morgan fingerprint density at radius 3 is 2.94 bits per heavy atom. The van der Waals surface area contributed by atoms with Crippen LogP contribution in [-0.2, 0) is 0 Å². The summed E-state index contributed by atoms with van der Waals surface area (Å²) in [6.07, 6.45) is 1.97. The molecule has 5 heteroatoms. The average Bonchev–Trinajstić information content (AvgIpc) is 2.91. The van der Waals surface area contributed by atoms with Gasteiger partial charge in [-0.1, -0.05) is 6.07 Å². The number of anilines is 1. The Labute approximate surface area is 93.1 Å². The average molecular weight is 218 g/mol. The molecule has 2 aromatic rings. The molecule has 2 N–H and O–H groups in total. The zero-order valence-electron chi connectivity index (χ0n) is 9.14. The SMILES string of the molecule is Cc1cccc2nc(NC3(CO)CC3)nn12. The van der Waals surface area contributed by atoms with Crippen molar-refractivity contribution in [1.29, 1.82) is 0 Å². The highest BCUT2D eigenvalue weighted by atomic mass is 16.3. The van der Waals surface area contributed by atoms with E-state index in [1.165, 1.54) is 0 Å². The molecule has 0 aromatic carbocycles. The summed E-state index contributed by atoms with van der Waals surface area (Å²) >= 11 is 0. The third-order valence-electron chi connectivity index (χ3n) is 3.08. The highest BCUT2D eigenvalue weighted by Crippen LogP contribution is 2.37. The van der Waals surface area contributed by atoms with Gasteiger partial charge < -0.3 is 10.4 Å². The van der Waals surface area contributed by atoms with E-state index in [0.717, 1.165) is 24.2 Å². The third kappa shape index (κ3) is 1.44. The number of pyridine rings is 1. The Hall–Kier alpha value is -1.62. The molecule has 3 rings (SSSR count). The van der Waals surface area contributed by atoms with Gasteiger partial charge in [0.05, 0.1) is 12.1 Å². The number of fused-ring (bicyclic) bond motifs is 1. The molecule has 0 atom stereocenters. The van der Waals surface area contributed by atoms with Crippen molar-refractivity contribution >= 4 is 11.6 Å². The predicted octanol–water partition coefficient (Wildman–Crippen LogP) is 0.975. The van der Waals surface area contributed by atoms with E-state index >= 15 is 0 Å². The first-order chi connectivity index (χ1) is 7.72. The quantitative estimate of drug-likeness (QED) is 0.806. The van der Waals surface area contributed by atoms with Gasteiger partial charge in [-0.15, -0.1) is 5.10 Å². The fourth-order valence-electron chi connectivity index (χ4n) is 1.80. The van der Waals surface area contributed by atoms with Crippen molar-refractivity contribution in [3.8, 4) is 0 Å². The predicted molar refractivity (Wildman–Crippen MR) is 60.4 cm³/mol. The molecule has 0 amide bonds. The smallest absolute Gasteiger partial charge is 0.243 e. The summed E-state index contributed by atoms with van der Waals surface area (Å²) in [7, 11) is 0. The molecule has 0 saturated heterocycles. The van der Waals surface area contributed by atoms with Crippen LogP contribution in [0.1, 0.15) is 18.5 Å². The first-order valence-corrected chi connectivity index (χ1v) is 5.44. The molecule has 0 bridgehead atoms. The molecule has 2 heterocycles. The number of nitrogens with zero attached hydrogens (tertiary/aromatic N) is 3. The van der Waals surface area contributed by atoms with E-state index in [4.69, 9.17) is 0 Å². The van der Waals surface area contributed by atoms with Crippen LogP contribution in [0.3, 0.4) is 0 Å². The van der Waals surface area contributed by atoms with Crippen LogP contribution in [-0.4, -0.2) is 31.9 Å². The van der Waals surface area contributed by atoms with Crippen molar-refractivity contribution < 1.29 is 5.11 Å². The molecule has 0 unspecified atom stereocenters. The lowest BCUT2D eigenvalue weighted by Crippen LogP contribution is -2.26. The maximum Gasteiger partial charge on any atom is 0.243 e. The van der Waals surface area contributed by atoms with E-state index in [-0.39, 0.29) is 12.1 Å². The molecule has 0 aliphatic heterocycles. The van der Waals surface area contributed by atoms with Crippen LogP contribution >= 0.6 is 0 Å². The number of aliphatic hydroxyl groups is 1. The molecule has 84 valence electrons. The van der Waals surface area contributed by atoms with Crippen molar-refractivity contribution in [2.24, 2.45) is 0 Å². The summed E-state index contributed by atoms with van der Waals surface area (Å²) in [5.41, 5.74) is 1.71. The first-order valence-electron chi connectivity index (χ1n) is 5.44. The van der Waals surface area contributed by atoms with E-state index in [1.807, 2.05) is 25.1 Å². The molecule has 16 heavy (non-hydrogen) atoms. The van der Waals surface area contributed by atoms with Crippen LogP contribution in [0.25, 0.3) is 5.65 Å². The van der Waals surface area contributed by atoms with Gasteiger partial charge in [-0.2, -0.15) is 4.98 Å². The van der Waals surface area contributed by atoms with Crippen molar-refractivity contribution in [2.75, 3.05) is 11.9 Å². The Morgan fingerprint density at radius 2 is 2.31 bits per heavy atom. The van der Waals surface area contributed by atoms with E-state index in [0.29, 0.717) is 5.95 Å². The van der Waals surface area contributed by atoms with Gasteiger partial charge >= 0.3 is 0 Å². The number of nitrogens with one attached hydrogen (secondary N) is 1. The summed E-state index contributed by atoms with van der Waals surface area (Å²) in [5.74, 6) is 0.598. The Bertz CT molecular complexity index is 530. The molecule has 0 spiro atoms. The minimum absolute atomic E-state index is 0.140. The van der Waals surface area contributed by atoms with Crippen molar-refractivity contribution in [1.82, 2.24) is 14.6 Å². The van der Waals surface area contributed by atoms with Crippen LogP contribution < -0.4 is 5.32 Å². The molecule has 1 aliphatic rings. The number of aromatic nitrogens is 3. The van der Waals surface area contributed by atoms with E-state index in [1.54, 1.807) is 4.52 Å². The summed E-state index contributed by atoms with van der Waals surface area (Å²) in [6, 6.07) is 5.87. The largest absolute Gasteiger partial charge is 0.394 e. The lowest BCUT2D eigenvalue weighted by atomic mass is 10.3. The summed E-state index contributed by atoms with van der Waals surface area (Å²) in [4.78, 5) is 4.38. The maximum atomic E-state index is 9.22. The molecular weight excluding hydrogens is 204 g/mol. The summed E-state index contributed by atoms with van der Waals surface area (Å²) < 4.78 is 1.80. The fraction of sp³-hybridized carbons (Fsp3) is 0.455. The Morgan fingerprint density at radius 1 is 1.50 bits per heavy atom. The van der Waals surface area contributed by atoms with Gasteiger partial charge in [-0.25, -0.2) is 4.52 Å². The fourth-order valence-corrected chi connectivity index (χ4v) is 1.80. The van der Waals surface area contributed by atoms with Crippen LogP contribution in [0.2, 0.25) is 0 Å². The van der Waals surface area contributed by atoms with Gasteiger partial charge in [-0.3, -0.25) is 0 Å². The van der Waals surface area contributed by atoms with Crippen LogP contribution in [0.4, 0.5) is 5.95 Å². The lowest BCUT2D eigenvalue weighted by Gasteiger charge is -2.11. The number of hydrogen-bond donors (Lipinski definition) is 2. The van der Waals surface area contributed by atoms with Gasteiger partial charge in [0.15, 0.2) is 5.65 Å². The van der Waals surface area contributed by atoms with Gasteiger partial charge in [0.2, 0.25) is 5.95 Å². The second kappa shape index (κ2) is 3.18. The molecular formula is C11H14N4O. The topological polar surface area (TPSA) is 62.5 Å². The van der Waals surface area contributed by atoms with E-state index < -0.39 is 0 Å². The van der Waals surface area contributed by atoms with Crippen molar-refractivity contribution in [2.45, 2.75) is 25.3 Å². The molecule has 5 nitrogen and oxygen atoms in total. The van der Waals surface area contributed by atoms with Gasteiger partial charge in [0.1, 0.15) is 0 Å². The normalized spacial score (nSPS) is 17.6. The Kier molecular flexibility index (Phi) is 1.91. The first kappa shape index (κ1) is 9.59. The molecule has 1 aliphatic carbocycles. The highest BCUT2D eigenvalue weighted by molar-refractivity contribution is 5.46. The number of rotatable bonds is 3. The number of aliphatic hydroxyl groups excluding tert-OH is 1. The van der Waals surface area contributed by atoms with Gasteiger partial charge in [0.25, 0.3) is 0 Å². The standard InChI is InChI=1S/C11H14N4O/c1-8-3-2-4-9-12-10(14-15(8)9)13-11(7-16)5-6-11/h2-4,16H,5-7H2,1H3,(H,13,14). The molecule has 2 aromatic heterocycles. The van der Waals surface area contributed by atoms with Crippen molar-refractivity contribution in [3.05, 3.63) is 23.9 Å². The summed E-state index contributed by atoms with van der Waals surface area (Å²) in [5, 5.41) is 16.8. The van der Waals surface area contributed by atoms with E-state index in [9.17, 15) is 5.11 Å². The maximum absolute atomic E-state index is 9.22. The minimum Gasteiger partial charge on any atom is -0.394 e. The zero-order valence-corrected chi connectivity index (χ0v) is 9.14. The monoisotopic (exact) mass is 218 g/mol. The second-order valence-electron chi connectivity index (χ2n) is 4.44. The zero-order chi connectivity index (χ0) is 11.2. The van der Waals surface area contributed by atoms with Crippen LogP contribution in [0, 0.1) is 6.92 Å². The van der Waals surface area contributed by atoms with E-state index in [2.05, 4.69) is 15.4 Å². The van der Waals surface area contributed by atoms with Gasteiger partial charge in [0, 0.05) is 5.69 Å². The van der Waals surface area contributed by atoms with Crippen LogP contribution in [0.15, 0.2) is 18.2 Å². The number of hydrogen-bond acceptors (Lipinski definition) is 4. The highest BCUT2D eigenvalue weighted by Gasteiger charge is 2.42. The third-order valence-corrected chi connectivity index (χ3v) is 3.08. The lowest BCUT2D eigenvalue weighted by molar-refractivity contribution is 0.265. The Balaban J connectivity index is 1.96. The second-order valence-corrected chi connectivity index (χ2v) is 4.44. The number of aryl methyl sites for hydroxylation is 1. The summed E-state index contributed by atoms with van der Waals surface area (Å²) in [6.45, 7) is 2.13. The molecule has 0 radical (unpaired) electrons. The molecule has 1 fully saturated rings.